The molecular weight excluding hydrogens is 364 g/mol. The van der Waals surface area contributed by atoms with E-state index in [-0.39, 0.29) is 24.4 Å². The van der Waals surface area contributed by atoms with Gasteiger partial charge in [0.05, 0.1) is 11.3 Å². The van der Waals surface area contributed by atoms with Crippen molar-refractivity contribution >= 4 is 22.8 Å². The van der Waals surface area contributed by atoms with Crippen LogP contribution >= 0.6 is 0 Å². The number of hydrogen-bond acceptors (Lipinski definition) is 4. The van der Waals surface area contributed by atoms with E-state index in [4.69, 9.17) is 0 Å². The van der Waals surface area contributed by atoms with E-state index in [1.165, 1.54) is 12.4 Å². The largest absolute Gasteiger partial charge is 0.365 e. The topological polar surface area (TPSA) is 73.9 Å². The van der Waals surface area contributed by atoms with Crippen molar-refractivity contribution in [3.8, 4) is 0 Å². The molecule has 8 heteroatoms. The molecule has 1 saturated heterocycles. The van der Waals surface area contributed by atoms with Crippen LogP contribution in [0.15, 0.2) is 25.2 Å². The van der Waals surface area contributed by atoms with Crippen molar-refractivity contribution in [3.63, 3.8) is 0 Å². The van der Waals surface area contributed by atoms with Gasteiger partial charge in [0.1, 0.15) is 17.8 Å². The first-order chi connectivity index (χ1) is 13.3. The molecule has 2 aromatic heterocycles. The summed E-state index contributed by atoms with van der Waals surface area (Å²) in [6, 6.07) is 0.154. The highest BCUT2D eigenvalue weighted by Gasteiger charge is 2.58. The third kappa shape index (κ3) is 3.25. The molecule has 3 atom stereocenters. The van der Waals surface area contributed by atoms with E-state index in [1.54, 1.807) is 6.20 Å². The first kappa shape index (κ1) is 18.8. The van der Waals surface area contributed by atoms with Crippen molar-refractivity contribution < 1.29 is 13.6 Å². The van der Waals surface area contributed by atoms with Crippen LogP contribution < -0.4 is 5.32 Å². The maximum atomic E-state index is 13.6. The highest BCUT2D eigenvalue weighted by Crippen LogP contribution is 2.57. The predicted molar refractivity (Wildman–Crippen MR) is 103 cm³/mol. The molecule has 6 nitrogen and oxygen atoms in total. The first-order valence-corrected chi connectivity index (χ1v) is 9.71. The fourth-order valence-corrected chi connectivity index (χ4v) is 4.29. The summed E-state index contributed by atoms with van der Waals surface area (Å²) in [7, 11) is 0. The van der Waals surface area contributed by atoms with E-state index in [9.17, 15) is 13.6 Å². The lowest BCUT2D eigenvalue weighted by Gasteiger charge is -2.41. The Balaban J connectivity index is 1.59. The first-order valence-electron chi connectivity index (χ1n) is 9.71. The fourth-order valence-electron chi connectivity index (χ4n) is 4.29. The van der Waals surface area contributed by atoms with Crippen LogP contribution in [0.3, 0.4) is 0 Å². The quantitative estimate of drug-likeness (QED) is 0.765. The van der Waals surface area contributed by atoms with Crippen molar-refractivity contribution in [2.24, 2.45) is 5.92 Å². The normalized spacial score (nSPS) is 26.5. The summed E-state index contributed by atoms with van der Waals surface area (Å²) in [6.45, 7) is 8.36. The van der Waals surface area contributed by atoms with Crippen LogP contribution in [-0.4, -0.2) is 50.3 Å². The molecule has 1 saturated carbocycles. The highest BCUT2D eigenvalue weighted by atomic mass is 19.3. The summed E-state index contributed by atoms with van der Waals surface area (Å²) >= 11 is 0. The molecule has 0 radical (unpaired) electrons. The molecule has 1 amide bonds. The van der Waals surface area contributed by atoms with Crippen molar-refractivity contribution in [1.29, 1.82) is 0 Å². The molecule has 0 aromatic carbocycles. The fraction of sp³-hybridized carbons (Fsp3) is 0.550. The third-order valence-corrected chi connectivity index (χ3v) is 5.90. The van der Waals surface area contributed by atoms with Gasteiger partial charge in [0, 0.05) is 31.2 Å². The van der Waals surface area contributed by atoms with Gasteiger partial charge in [0.2, 0.25) is 5.91 Å². The Hall–Kier alpha value is -2.51. The summed E-state index contributed by atoms with van der Waals surface area (Å²) in [4.78, 5) is 25.7. The van der Waals surface area contributed by atoms with Crippen LogP contribution in [0.4, 0.5) is 14.6 Å². The number of aromatic amines is 1. The molecule has 150 valence electrons. The zero-order chi connectivity index (χ0) is 20.1. The van der Waals surface area contributed by atoms with Crippen LogP contribution in [0.1, 0.15) is 44.6 Å². The molecule has 1 unspecified atom stereocenters. The second-order valence-corrected chi connectivity index (χ2v) is 8.13. The lowest BCUT2D eigenvalue weighted by Crippen LogP contribution is -2.52. The zero-order valence-electron chi connectivity index (χ0n) is 16.1. The van der Waals surface area contributed by atoms with Crippen molar-refractivity contribution in [1.82, 2.24) is 19.9 Å². The number of carbonyl (C=O) groups is 1. The molecule has 2 N–H and O–H groups in total. The number of fused-ring (bicyclic) bond motifs is 1. The number of likely N-dealkylation sites (tertiary alicyclic amines) is 1. The lowest BCUT2D eigenvalue weighted by molar-refractivity contribution is -0.130. The van der Waals surface area contributed by atoms with E-state index in [1.807, 2.05) is 4.90 Å². The zero-order valence-corrected chi connectivity index (χ0v) is 16.1. The van der Waals surface area contributed by atoms with Gasteiger partial charge in [0.25, 0.3) is 5.92 Å². The van der Waals surface area contributed by atoms with Crippen LogP contribution in [0, 0.1) is 5.92 Å². The summed E-state index contributed by atoms with van der Waals surface area (Å²) in [5.41, 5.74) is 1.10. The molecule has 2 fully saturated rings. The highest BCUT2D eigenvalue weighted by molar-refractivity contribution is 5.91. The number of amides is 1. The van der Waals surface area contributed by atoms with Crippen molar-refractivity contribution in [2.75, 3.05) is 11.9 Å². The molecule has 0 spiro atoms. The Bertz CT molecular complexity index is 909. The van der Waals surface area contributed by atoms with Gasteiger partial charge in [-0.2, -0.15) is 0 Å². The van der Waals surface area contributed by atoms with Gasteiger partial charge in [-0.15, -0.1) is 0 Å². The van der Waals surface area contributed by atoms with Crippen LogP contribution in [0.25, 0.3) is 11.0 Å². The molecular formula is C20H25F2N5O. The average Bonchev–Trinajstić information content (AvgIpc) is 3.10. The summed E-state index contributed by atoms with van der Waals surface area (Å²) in [5, 5.41) is 4.01. The number of aromatic nitrogens is 3. The molecule has 1 aliphatic carbocycles. The van der Waals surface area contributed by atoms with E-state index >= 15 is 0 Å². The van der Waals surface area contributed by atoms with Crippen LogP contribution in [0.5, 0.6) is 0 Å². The number of rotatable bonds is 5. The Morgan fingerprint density at radius 2 is 2.18 bits per heavy atom. The molecule has 2 aromatic rings. The molecule has 2 aliphatic rings. The van der Waals surface area contributed by atoms with E-state index in [2.05, 4.69) is 40.7 Å². The van der Waals surface area contributed by atoms with Gasteiger partial charge >= 0.3 is 0 Å². The number of H-pyrrole nitrogens is 1. The second-order valence-electron chi connectivity index (χ2n) is 8.13. The standard InChI is InChI=1S/C20H25F2N5O/c1-4-16(28)27-9-12(5-6-15(27)11(2)3)26-19-17-13(14-7-20(14,21)22)8-23-18(17)24-10-25-19/h4,8,10-12,14-15H,1,5-7,9H2,2-3H3,(H2,23,24,25,26)/t12-,14-,15?/m0/s1. The van der Waals surface area contributed by atoms with Gasteiger partial charge in [-0.25, -0.2) is 18.7 Å². The number of hydrogen-bond donors (Lipinski definition) is 2. The minimum Gasteiger partial charge on any atom is -0.365 e. The Kier molecular flexibility index (Phi) is 4.59. The summed E-state index contributed by atoms with van der Waals surface area (Å²) < 4.78 is 27.3. The minimum atomic E-state index is -2.66. The molecule has 4 rings (SSSR count). The smallest absolute Gasteiger partial charge is 0.256 e. The number of anilines is 1. The Morgan fingerprint density at radius 1 is 1.43 bits per heavy atom. The average molecular weight is 389 g/mol. The molecule has 1 aliphatic heterocycles. The van der Waals surface area contributed by atoms with E-state index in [0.717, 1.165) is 12.8 Å². The summed E-state index contributed by atoms with van der Waals surface area (Å²) in [5.74, 6) is -2.64. The number of halogens is 2. The monoisotopic (exact) mass is 389 g/mol. The Morgan fingerprint density at radius 3 is 2.82 bits per heavy atom. The second kappa shape index (κ2) is 6.83. The number of alkyl halides is 2. The molecule has 3 heterocycles. The maximum Gasteiger partial charge on any atom is 0.256 e. The lowest BCUT2D eigenvalue weighted by atomic mass is 9.90. The number of piperidine rings is 1. The minimum absolute atomic E-state index is 0.0144. The summed E-state index contributed by atoms with van der Waals surface area (Å²) in [6.07, 6.45) is 5.97. The molecule has 0 bridgehead atoms. The van der Waals surface area contributed by atoms with Crippen molar-refractivity contribution in [2.45, 2.75) is 57.0 Å². The van der Waals surface area contributed by atoms with Crippen LogP contribution in [0.2, 0.25) is 0 Å². The van der Waals surface area contributed by atoms with E-state index in [0.29, 0.717) is 34.9 Å². The van der Waals surface area contributed by atoms with Gasteiger partial charge < -0.3 is 15.2 Å². The van der Waals surface area contributed by atoms with Gasteiger partial charge in [-0.1, -0.05) is 20.4 Å². The van der Waals surface area contributed by atoms with Gasteiger partial charge in [0.15, 0.2) is 0 Å². The van der Waals surface area contributed by atoms with Gasteiger partial charge in [-0.05, 0) is 30.4 Å². The third-order valence-electron chi connectivity index (χ3n) is 5.90. The van der Waals surface area contributed by atoms with Crippen molar-refractivity contribution in [3.05, 3.63) is 30.7 Å². The SMILES string of the molecule is C=CC(=O)N1C[C@@H](Nc2ncnc3[nH]cc([C@@H]4CC4(F)F)c23)CCC1C(C)C. The Labute approximate surface area is 162 Å². The predicted octanol–water partition coefficient (Wildman–Crippen LogP) is 3.69. The number of nitrogens with one attached hydrogen (secondary N) is 2. The maximum absolute atomic E-state index is 13.6. The number of nitrogens with zero attached hydrogens (tertiary/aromatic N) is 3. The van der Waals surface area contributed by atoms with Crippen LogP contribution in [-0.2, 0) is 4.79 Å². The van der Waals surface area contributed by atoms with Gasteiger partial charge in [-0.3, -0.25) is 4.79 Å². The molecule has 28 heavy (non-hydrogen) atoms. The van der Waals surface area contributed by atoms with E-state index < -0.39 is 11.8 Å². The number of carbonyl (C=O) groups excluding carboxylic acids is 1.